The van der Waals surface area contributed by atoms with E-state index in [1.807, 2.05) is 0 Å². The Morgan fingerprint density at radius 2 is 2.40 bits per heavy atom. The molecule has 58 valence electrons. The molecule has 1 unspecified atom stereocenters. The summed E-state index contributed by atoms with van der Waals surface area (Å²) in [6.45, 7) is 1.25. The van der Waals surface area contributed by atoms with Crippen LogP contribution in [0.1, 0.15) is 15.2 Å². The van der Waals surface area contributed by atoms with Crippen LogP contribution < -0.4 is 0 Å². The van der Waals surface area contributed by atoms with Crippen LogP contribution in [0.15, 0.2) is 0 Å². The topological polar surface area (TPSA) is 54.4 Å². The third-order valence-electron chi connectivity index (χ3n) is 0.916. The number of hydrogen-bond donors (Lipinski definition) is 1. The number of aliphatic carboxylic acids is 1. The van der Waals surface area contributed by atoms with Crippen molar-refractivity contribution in [1.82, 2.24) is 0 Å². The lowest BCUT2D eigenvalue weighted by Crippen LogP contribution is -2.12. The van der Waals surface area contributed by atoms with Gasteiger partial charge in [-0.1, -0.05) is 18.7 Å². The fourth-order valence-corrected chi connectivity index (χ4v) is 0.868. The Balaban J connectivity index is 3.54. The quantitative estimate of drug-likeness (QED) is 0.674. The average Bonchev–Trinajstić information content (AvgIpc) is 1.99. The molecule has 0 saturated heterocycles. The van der Waals surface area contributed by atoms with E-state index in [0.29, 0.717) is 0 Å². The van der Waals surface area contributed by atoms with E-state index in [2.05, 4.69) is 0 Å². The Morgan fingerprint density at radius 1 is 1.80 bits per heavy atom. The average molecular weight is 163 g/mol. The minimum Gasteiger partial charge on any atom is -0.481 e. The summed E-state index contributed by atoms with van der Waals surface area (Å²) in [5.41, 5.74) is 0. The van der Waals surface area contributed by atoms with Crippen LogP contribution in [-0.2, 0) is 9.59 Å². The van der Waals surface area contributed by atoms with E-state index in [4.69, 9.17) is 6.48 Å². The van der Waals surface area contributed by atoms with E-state index in [0.717, 1.165) is 11.8 Å². The maximum Gasteiger partial charge on any atom is 0.307 e. The third-order valence-corrected chi connectivity index (χ3v) is 1.90. The molecule has 0 rings (SSSR count). The molecule has 0 aliphatic heterocycles. The minimum atomic E-state index is -0.907. The van der Waals surface area contributed by atoms with Crippen molar-refractivity contribution in [2.75, 3.05) is 5.75 Å². The predicted molar refractivity (Wildman–Crippen MR) is 39.9 cm³/mol. The van der Waals surface area contributed by atoms with Crippen LogP contribution in [0.25, 0.3) is 0 Å². The van der Waals surface area contributed by atoms with Gasteiger partial charge in [0.25, 0.3) is 0 Å². The molecule has 0 saturated carbocycles. The van der Waals surface area contributed by atoms with Crippen LogP contribution in [0.4, 0.5) is 0 Å². The van der Waals surface area contributed by atoms with Crippen molar-refractivity contribution in [1.29, 1.82) is 0 Å². The minimum absolute atomic E-state index is 0.257. The van der Waals surface area contributed by atoms with E-state index < -0.39 is 11.9 Å². The van der Waals surface area contributed by atoms with Crippen LogP contribution in [0.3, 0.4) is 0 Å². The van der Waals surface area contributed by atoms with Gasteiger partial charge < -0.3 is 5.11 Å². The van der Waals surface area contributed by atoms with Gasteiger partial charge in [0.2, 0.25) is 0 Å². The number of hydrogen-bond acceptors (Lipinski definition) is 3. The first-order valence-electron chi connectivity index (χ1n) is 3.46. The molecule has 0 aliphatic carbocycles. The second-order valence-corrected chi connectivity index (χ2v) is 3.00. The number of carbonyl (C=O) groups excluding carboxylic acids is 1. The molecule has 1 atom stereocenters. The van der Waals surface area contributed by atoms with Gasteiger partial charge in [-0.3, -0.25) is 9.59 Å². The summed E-state index contributed by atoms with van der Waals surface area (Å²) in [5, 5.41) is 8.12. The molecule has 0 radical (unpaired) electrons. The Labute approximate surface area is 65.2 Å². The number of carboxylic acid groups (broad SMARTS) is 1. The molecule has 3 nitrogen and oxygen atoms in total. The molecule has 0 aromatic heterocycles. The molecular weight excluding hydrogens is 152 g/mol. The van der Waals surface area contributed by atoms with Crippen molar-refractivity contribution in [3.8, 4) is 0 Å². The molecule has 0 heterocycles. The summed E-state index contributed by atoms with van der Waals surface area (Å²) in [7, 11) is 0. The zero-order chi connectivity index (χ0) is 8.85. The maximum atomic E-state index is 10.5. The lowest BCUT2D eigenvalue weighted by molar-refractivity contribution is -0.140. The van der Waals surface area contributed by atoms with Gasteiger partial charge in [-0.15, -0.1) is 0 Å². The van der Waals surface area contributed by atoms with Gasteiger partial charge in [-0.05, 0) is 0 Å². The van der Waals surface area contributed by atoms with Crippen molar-refractivity contribution < 1.29 is 16.1 Å². The SMILES string of the molecule is [2H]CC(=O)SCC(C)C(=O)O. The smallest absolute Gasteiger partial charge is 0.307 e. The molecule has 10 heavy (non-hydrogen) atoms. The van der Waals surface area contributed by atoms with Gasteiger partial charge in [-0.2, -0.15) is 0 Å². The van der Waals surface area contributed by atoms with E-state index in [1.165, 1.54) is 6.92 Å². The lowest BCUT2D eigenvalue weighted by atomic mass is 10.2. The van der Waals surface area contributed by atoms with E-state index in [9.17, 15) is 9.59 Å². The summed E-state index contributed by atoms with van der Waals surface area (Å²) in [6, 6.07) is 0. The van der Waals surface area contributed by atoms with E-state index in [1.54, 1.807) is 0 Å². The number of rotatable bonds is 3. The standard InChI is InChI=1S/C6H10O3S/c1-4(6(8)9)3-10-5(2)7/h4H,3H2,1-2H3,(H,8,9)/i2D. The molecule has 0 aromatic carbocycles. The summed E-state index contributed by atoms with van der Waals surface area (Å²) in [5.74, 6) is -1.17. The van der Waals surface area contributed by atoms with Crippen LogP contribution in [-0.4, -0.2) is 21.9 Å². The first-order valence-corrected chi connectivity index (χ1v) is 3.74. The highest BCUT2D eigenvalue weighted by Gasteiger charge is 2.11. The highest BCUT2D eigenvalue weighted by molar-refractivity contribution is 8.13. The molecule has 0 spiro atoms. The largest absolute Gasteiger partial charge is 0.481 e. The summed E-state index contributed by atoms with van der Waals surface area (Å²) in [6.07, 6.45) is 0. The molecular formula is C6H10O3S. The monoisotopic (exact) mass is 163 g/mol. The zero-order valence-corrected chi connectivity index (χ0v) is 6.48. The van der Waals surface area contributed by atoms with Crippen molar-refractivity contribution in [2.45, 2.75) is 13.8 Å². The van der Waals surface area contributed by atoms with Gasteiger partial charge in [0.15, 0.2) is 5.12 Å². The molecule has 0 aromatic rings. The Hall–Kier alpha value is -0.510. The van der Waals surface area contributed by atoms with Crippen LogP contribution in [0.5, 0.6) is 0 Å². The Kier molecular flexibility index (Phi) is 3.29. The third kappa shape index (κ3) is 4.38. The first-order chi connectivity index (χ1) is 5.07. The first kappa shape index (κ1) is 7.60. The molecule has 0 amide bonds. The van der Waals surface area contributed by atoms with Gasteiger partial charge in [0, 0.05) is 14.0 Å². The van der Waals surface area contributed by atoms with Gasteiger partial charge in [0.05, 0.1) is 5.92 Å². The zero-order valence-electron chi connectivity index (χ0n) is 6.66. The predicted octanol–water partition coefficient (Wildman–Crippen LogP) is 0.987. The summed E-state index contributed by atoms with van der Waals surface area (Å²) in [4.78, 5) is 20.8. The highest BCUT2D eigenvalue weighted by atomic mass is 32.2. The van der Waals surface area contributed by atoms with Gasteiger partial charge in [0.1, 0.15) is 0 Å². The Bertz CT molecular complexity index is 160. The second kappa shape index (κ2) is 4.33. The van der Waals surface area contributed by atoms with E-state index >= 15 is 0 Å². The van der Waals surface area contributed by atoms with Gasteiger partial charge in [-0.25, -0.2) is 0 Å². The fraction of sp³-hybridized carbons (Fsp3) is 0.667. The van der Waals surface area contributed by atoms with Crippen LogP contribution in [0.2, 0.25) is 0 Å². The van der Waals surface area contributed by atoms with E-state index in [-0.39, 0.29) is 17.8 Å². The number of thioether (sulfide) groups is 1. The molecule has 1 N–H and O–H groups in total. The number of carboxylic acids is 1. The second-order valence-electron chi connectivity index (χ2n) is 1.92. The summed E-state index contributed by atoms with van der Waals surface area (Å²) >= 11 is 0.906. The van der Waals surface area contributed by atoms with Crippen molar-refractivity contribution >= 4 is 22.8 Å². The fourth-order valence-electron chi connectivity index (χ4n) is 0.289. The van der Waals surface area contributed by atoms with Crippen LogP contribution in [0, 0.1) is 5.92 Å². The normalized spacial score (nSPS) is 13.9. The molecule has 4 heteroatoms. The van der Waals surface area contributed by atoms with Gasteiger partial charge >= 0.3 is 5.97 Å². The lowest BCUT2D eigenvalue weighted by Gasteiger charge is -2.01. The van der Waals surface area contributed by atoms with Crippen molar-refractivity contribution in [2.24, 2.45) is 5.92 Å². The maximum absolute atomic E-state index is 10.5. The van der Waals surface area contributed by atoms with Crippen molar-refractivity contribution in [3.63, 3.8) is 0 Å². The molecule has 0 fully saturated rings. The van der Waals surface area contributed by atoms with Crippen LogP contribution >= 0.6 is 11.8 Å². The Morgan fingerprint density at radius 3 is 2.80 bits per heavy atom. The highest BCUT2D eigenvalue weighted by Crippen LogP contribution is 2.08. The molecule has 0 aliphatic rings. The van der Waals surface area contributed by atoms with Crippen molar-refractivity contribution in [3.05, 3.63) is 0 Å². The summed E-state index contributed by atoms with van der Waals surface area (Å²) < 4.78 is 6.64. The number of carbonyl (C=O) groups is 2. The molecule has 0 bridgehead atoms.